The summed E-state index contributed by atoms with van der Waals surface area (Å²) < 4.78 is 22.8. The molecule has 0 amide bonds. The Morgan fingerprint density at radius 3 is 1.90 bits per heavy atom. The Hall–Kier alpha value is -2.64. The highest BCUT2D eigenvalue weighted by atomic mass is 16.6. The van der Waals surface area contributed by atoms with Crippen LogP contribution < -0.4 is 10.2 Å². The van der Waals surface area contributed by atoms with Gasteiger partial charge in [0.05, 0.1) is 17.7 Å². The van der Waals surface area contributed by atoms with E-state index in [1.54, 1.807) is 36.4 Å². The number of unbranched alkanes of at least 4 members (excludes halogenated alkanes) is 9. The minimum absolute atomic E-state index is 0.318. The van der Waals surface area contributed by atoms with Gasteiger partial charge in [0.25, 0.3) is 0 Å². The molecule has 1 heterocycles. The molecule has 1 aliphatic heterocycles. The van der Waals surface area contributed by atoms with E-state index in [1.165, 1.54) is 64.2 Å². The van der Waals surface area contributed by atoms with Crippen LogP contribution in [-0.2, 0) is 14.0 Å². The van der Waals surface area contributed by atoms with Gasteiger partial charge in [0, 0.05) is 19.1 Å². The quantitative estimate of drug-likeness (QED) is 0.0797. The van der Waals surface area contributed by atoms with Crippen LogP contribution in [0.5, 0.6) is 5.75 Å². The smallest absolute Gasteiger partial charge is 0.462 e. The van der Waals surface area contributed by atoms with Crippen molar-refractivity contribution in [2.45, 2.75) is 97.8 Å². The summed E-state index contributed by atoms with van der Waals surface area (Å²) in [6.45, 7) is 8.15. The van der Waals surface area contributed by atoms with Crippen LogP contribution in [0.3, 0.4) is 0 Å². The van der Waals surface area contributed by atoms with Crippen LogP contribution in [0.2, 0.25) is 0 Å². The Kier molecular flexibility index (Phi) is 15.0. The van der Waals surface area contributed by atoms with E-state index in [4.69, 9.17) is 18.8 Å². The molecular formula is C34H49BO6. The fraction of sp³-hybridized carbons (Fsp3) is 0.588. The van der Waals surface area contributed by atoms with Crippen molar-refractivity contribution in [2.24, 2.45) is 11.8 Å². The number of hydrogen-bond acceptors (Lipinski definition) is 6. The predicted molar refractivity (Wildman–Crippen MR) is 165 cm³/mol. The molecule has 1 aliphatic rings. The van der Waals surface area contributed by atoms with Gasteiger partial charge in [-0.05, 0) is 54.2 Å². The first-order valence-corrected chi connectivity index (χ1v) is 15.8. The Morgan fingerprint density at radius 1 is 0.780 bits per heavy atom. The summed E-state index contributed by atoms with van der Waals surface area (Å²) in [6, 6.07) is 13.5. The van der Waals surface area contributed by atoms with E-state index in [9.17, 15) is 9.59 Å². The first-order chi connectivity index (χ1) is 20.0. The van der Waals surface area contributed by atoms with Gasteiger partial charge in [0.1, 0.15) is 5.75 Å². The van der Waals surface area contributed by atoms with Crippen molar-refractivity contribution in [1.29, 1.82) is 0 Å². The maximum absolute atomic E-state index is 12.6. The molecule has 1 atom stereocenters. The van der Waals surface area contributed by atoms with E-state index in [0.29, 0.717) is 48.5 Å². The summed E-state index contributed by atoms with van der Waals surface area (Å²) in [5, 5.41) is 0. The van der Waals surface area contributed by atoms with Crippen LogP contribution >= 0.6 is 0 Å². The minimum atomic E-state index is -0.467. The van der Waals surface area contributed by atoms with Gasteiger partial charge in [0.2, 0.25) is 0 Å². The second-order valence-electron chi connectivity index (χ2n) is 11.5. The standard InChI is InChI=1S/C34H49BO6/c1-4-6-7-8-9-10-11-12-13-14-15-28-25-39-35(40-26-28)31-20-16-30(17-21-31)34(37)41-32-22-18-29(19-23-32)33(36)38-24-27(3)5-2/h16-23,27-28H,4-15,24-26H2,1-3H3/t27-/m0/s1. The summed E-state index contributed by atoms with van der Waals surface area (Å²) >= 11 is 0. The van der Waals surface area contributed by atoms with E-state index >= 15 is 0 Å². The lowest BCUT2D eigenvalue weighted by atomic mass is 9.77. The second-order valence-corrected chi connectivity index (χ2v) is 11.5. The molecule has 41 heavy (non-hydrogen) atoms. The lowest BCUT2D eigenvalue weighted by molar-refractivity contribution is 0.0447. The number of benzene rings is 2. The number of carbonyl (C=O) groups excluding carboxylic acids is 2. The summed E-state index contributed by atoms with van der Waals surface area (Å²) in [5.41, 5.74) is 1.75. The number of hydrogen-bond donors (Lipinski definition) is 0. The first kappa shape index (κ1) is 32.9. The van der Waals surface area contributed by atoms with Gasteiger partial charge in [-0.1, -0.05) is 104 Å². The molecule has 1 fully saturated rings. The number of carbonyl (C=O) groups is 2. The molecular weight excluding hydrogens is 515 g/mol. The molecule has 0 N–H and O–H groups in total. The minimum Gasteiger partial charge on any atom is -0.462 e. The van der Waals surface area contributed by atoms with Gasteiger partial charge in [-0.15, -0.1) is 0 Å². The average molecular weight is 565 g/mol. The highest BCUT2D eigenvalue weighted by Crippen LogP contribution is 2.19. The van der Waals surface area contributed by atoms with E-state index in [1.807, 2.05) is 19.1 Å². The molecule has 0 bridgehead atoms. The maximum Gasteiger partial charge on any atom is 0.493 e. The SMILES string of the molecule is CCCCCCCCCCCCC1COB(c2ccc(C(=O)Oc3ccc(C(=O)OC[C@@H](C)CC)cc3)cc2)OC1. The number of ether oxygens (including phenoxy) is 2. The Bertz CT molecular complexity index is 1010. The zero-order valence-corrected chi connectivity index (χ0v) is 25.4. The molecule has 7 heteroatoms. The van der Waals surface area contributed by atoms with Crippen LogP contribution in [-0.4, -0.2) is 38.9 Å². The Labute approximate surface area is 247 Å². The summed E-state index contributed by atoms with van der Waals surface area (Å²) in [5.74, 6) is 0.285. The fourth-order valence-electron chi connectivity index (χ4n) is 4.84. The van der Waals surface area contributed by atoms with E-state index in [-0.39, 0.29) is 5.97 Å². The average Bonchev–Trinajstić information content (AvgIpc) is 3.01. The monoisotopic (exact) mass is 564 g/mol. The molecule has 224 valence electrons. The van der Waals surface area contributed by atoms with Crippen LogP contribution in [0, 0.1) is 11.8 Å². The largest absolute Gasteiger partial charge is 0.493 e. The highest BCUT2D eigenvalue weighted by molar-refractivity contribution is 6.61. The van der Waals surface area contributed by atoms with Crippen molar-refractivity contribution in [3.63, 3.8) is 0 Å². The Morgan fingerprint density at radius 2 is 1.32 bits per heavy atom. The molecule has 0 aromatic heterocycles. The van der Waals surface area contributed by atoms with E-state index < -0.39 is 13.1 Å². The van der Waals surface area contributed by atoms with Gasteiger partial charge in [-0.25, -0.2) is 9.59 Å². The zero-order chi connectivity index (χ0) is 29.3. The van der Waals surface area contributed by atoms with Gasteiger partial charge in [-0.3, -0.25) is 0 Å². The van der Waals surface area contributed by atoms with E-state index in [2.05, 4.69) is 13.8 Å². The van der Waals surface area contributed by atoms with Gasteiger partial charge in [-0.2, -0.15) is 0 Å². The van der Waals surface area contributed by atoms with Crippen molar-refractivity contribution in [3.8, 4) is 5.75 Å². The molecule has 1 saturated heterocycles. The lowest BCUT2D eigenvalue weighted by Gasteiger charge is -2.27. The van der Waals surface area contributed by atoms with Crippen LogP contribution in [0.25, 0.3) is 0 Å². The van der Waals surface area contributed by atoms with Crippen molar-refractivity contribution >= 4 is 24.5 Å². The second kappa shape index (κ2) is 18.7. The molecule has 0 spiro atoms. The molecule has 2 aromatic rings. The third-order valence-electron chi connectivity index (χ3n) is 7.85. The highest BCUT2D eigenvalue weighted by Gasteiger charge is 2.29. The number of rotatable bonds is 18. The fourth-order valence-corrected chi connectivity index (χ4v) is 4.84. The molecule has 6 nitrogen and oxygen atoms in total. The van der Waals surface area contributed by atoms with Gasteiger partial charge < -0.3 is 18.8 Å². The number of esters is 2. The Balaban J connectivity index is 1.32. The van der Waals surface area contributed by atoms with Crippen LogP contribution in [0.15, 0.2) is 48.5 Å². The summed E-state index contributed by atoms with van der Waals surface area (Å²) in [4.78, 5) is 24.8. The maximum atomic E-state index is 12.6. The topological polar surface area (TPSA) is 71.1 Å². The van der Waals surface area contributed by atoms with Crippen LogP contribution in [0.1, 0.15) is 119 Å². The summed E-state index contributed by atoms with van der Waals surface area (Å²) in [6.07, 6.45) is 15.6. The van der Waals surface area contributed by atoms with Crippen molar-refractivity contribution < 1.29 is 28.4 Å². The zero-order valence-electron chi connectivity index (χ0n) is 25.4. The van der Waals surface area contributed by atoms with Crippen molar-refractivity contribution in [3.05, 3.63) is 59.7 Å². The van der Waals surface area contributed by atoms with Crippen molar-refractivity contribution in [2.75, 3.05) is 19.8 Å². The summed E-state index contributed by atoms with van der Waals surface area (Å²) in [7, 11) is -0.406. The molecule has 0 unspecified atom stereocenters. The predicted octanol–water partition coefficient (Wildman–Crippen LogP) is 7.78. The van der Waals surface area contributed by atoms with Crippen LogP contribution in [0.4, 0.5) is 0 Å². The third kappa shape index (κ3) is 12.0. The van der Waals surface area contributed by atoms with Gasteiger partial charge in [0.15, 0.2) is 0 Å². The van der Waals surface area contributed by atoms with Gasteiger partial charge >= 0.3 is 19.1 Å². The lowest BCUT2D eigenvalue weighted by Crippen LogP contribution is -2.44. The van der Waals surface area contributed by atoms with E-state index in [0.717, 1.165) is 18.3 Å². The molecule has 3 rings (SSSR count). The first-order valence-electron chi connectivity index (χ1n) is 15.8. The third-order valence-corrected chi connectivity index (χ3v) is 7.85. The molecule has 0 aliphatic carbocycles. The molecule has 0 saturated carbocycles. The molecule has 2 aromatic carbocycles. The normalized spacial score (nSPS) is 14.6. The van der Waals surface area contributed by atoms with Crippen molar-refractivity contribution in [1.82, 2.24) is 0 Å². The molecule has 0 radical (unpaired) electrons.